The molecule has 1 aromatic heterocycles. The van der Waals surface area contributed by atoms with E-state index in [1.807, 2.05) is 19.1 Å². The molecule has 0 saturated heterocycles. The van der Waals surface area contributed by atoms with Gasteiger partial charge in [-0.2, -0.15) is 0 Å². The zero-order chi connectivity index (χ0) is 12.3. The number of pyridine rings is 1. The Labute approximate surface area is 108 Å². The molecule has 0 atom stereocenters. The van der Waals surface area contributed by atoms with Crippen molar-refractivity contribution in [3.63, 3.8) is 0 Å². The molecular formula is C12H19N3OS. The highest BCUT2D eigenvalue weighted by Crippen LogP contribution is 1.94. The minimum atomic E-state index is 0.679. The van der Waals surface area contributed by atoms with Gasteiger partial charge < -0.3 is 15.4 Å². The summed E-state index contributed by atoms with van der Waals surface area (Å²) in [5, 5.41) is 6.96. The van der Waals surface area contributed by atoms with Gasteiger partial charge in [-0.05, 0) is 43.3 Å². The Morgan fingerprint density at radius 2 is 2.12 bits per heavy atom. The molecule has 5 heteroatoms. The van der Waals surface area contributed by atoms with Gasteiger partial charge in [-0.25, -0.2) is 0 Å². The molecule has 0 aromatic carbocycles. The summed E-state index contributed by atoms with van der Waals surface area (Å²) in [6, 6.07) is 3.93. The maximum atomic E-state index is 5.23. The van der Waals surface area contributed by atoms with E-state index in [1.54, 1.807) is 12.4 Å². The number of aromatic nitrogens is 1. The fourth-order valence-corrected chi connectivity index (χ4v) is 1.44. The Balaban J connectivity index is 2.05. The molecule has 1 heterocycles. The van der Waals surface area contributed by atoms with Gasteiger partial charge in [-0.15, -0.1) is 0 Å². The van der Waals surface area contributed by atoms with Crippen LogP contribution in [0.25, 0.3) is 0 Å². The first kappa shape index (κ1) is 13.9. The second kappa shape index (κ2) is 8.90. The van der Waals surface area contributed by atoms with Gasteiger partial charge in [0, 0.05) is 38.7 Å². The van der Waals surface area contributed by atoms with Gasteiger partial charge in [0.1, 0.15) is 0 Å². The van der Waals surface area contributed by atoms with Gasteiger partial charge in [0.2, 0.25) is 0 Å². The number of thiocarbonyl (C=S) groups is 1. The maximum Gasteiger partial charge on any atom is 0.166 e. The molecule has 0 radical (unpaired) electrons. The predicted molar refractivity (Wildman–Crippen MR) is 72.8 cm³/mol. The number of ether oxygens (including phenoxy) is 1. The summed E-state index contributed by atoms with van der Waals surface area (Å²) in [7, 11) is 0. The third-order valence-corrected chi connectivity index (χ3v) is 2.45. The van der Waals surface area contributed by atoms with E-state index in [4.69, 9.17) is 17.0 Å². The number of rotatable bonds is 7. The van der Waals surface area contributed by atoms with Crippen molar-refractivity contribution in [2.45, 2.75) is 19.9 Å². The molecule has 1 rings (SSSR count). The third-order valence-electron chi connectivity index (χ3n) is 2.16. The largest absolute Gasteiger partial charge is 0.382 e. The molecule has 0 saturated carbocycles. The lowest BCUT2D eigenvalue weighted by atomic mass is 10.3. The molecule has 0 aliphatic carbocycles. The Bertz CT molecular complexity index is 319. The zero-order valence-electron chi connectivity index (χ0n) is 10.1. The zero-order valence-corrected chi connectivity index (χ0v) is 10.9. The van der Waals surface area contributed by atoms with Crippen LogP contribution in [-0.4, -0.2) is 29.9 Å². The molecule has 0 fully saturated rings. The van der Waals surface area contributed by atoms with Gasteiger partial charge in [-0.3, -0.25) is 4.98 Å². The molecule has 94 valence electrons. The SMILES string of the molecule is CCOCCCNC(=S)NCc1ccncc1. The topological polar surface area (TPSA) is 46.2 Å². The lowest BCUT2D eigenvalue weighted by molar-refractivity contribution is 0.145. The Kier molecular flexibility index (Phi) is 7.25. The molecule has 4 nitrogen and oxygen atoms in total. The summed E-state index contributed by atoms with van der Waals surface area (Å²) in [5.41, 5.74) is 1.17. The fraction of sp³-hybridized carbons (Fsp3) is 0.500. The Morgan fingerprint density at radius 1 is 1.35 bits per heavy atom. The minimum Gasteiger partial charge on any atom is -0.382 e. The molecule has 0 spiro atoms. The quantitative estimate of drug-likeness (QED) is 0.569. The molecule has 0 unspecified atom stereocenters. The van der Waals surface area contributed by atoms with Crippen LogP contribution >= 0.6 is 12.2 Å². The highest BCUT2D eigenvalue weighted by atomic mass is 32.1. The molecule has 0 amide bonds. The van der Waals surface area contributed by atoms with Gasteiger partial charge in [0.15, 0.2) is 5.11 Å². The second-order valence-electron chi connectivity index (χ2n) is 3.52. The van der Waals surface area contributed by atoms with Gasteiger partial charge in [-0.1, -0.05) is 0 Å². The van der Waals surface area contributed by atoms with Crippen LogP contribution in [0, 0.1) is 0 Å². The summed E-state index contributed by atoms with van der Waals surface area (Å²) in [4.78, 5) is 3.96. The third kappa shape index (κ3) is 6.86. The Hall–Kier alpha value is -1.20. The molecule has 0 aliphatic rings. The predicted octanol–water partition coefficient (Wildman–Crippen LogP) is 1.47. The van der Waals surface area contributed by atoms with E-state index in [0.717, 1.165) is 32.7 Å². The van der Waals surface area contributed by atoms with E-state index in [9.17, 15) is 0 Å². The summed E-state index contributed by atoms with van der Waals surface area (Å²) >= 11 is 5.15. The first-order chi connectivity index (χ1) is 8.33. The monoisotopic (exact) mass is 253 g/mol. The van der Waals surface area contributed by atoms with Crippen molar-refractivity contribution in [3.05, 3.63) is 30.1 Å². The van der Waals surface area contributed by atoms with Crippen LogP contribution in [0.1, 0.15) is 18.9 Å². The van der Waals surface area contributed by atoms with Crippen LogP contribution in [0.2, 0.25) is 0 Å². The summed E-state index contributed by atoms with van der Waals surface area (Å²) < 4.78 is 5.23. The van der Waals surface area contributed by atoms with Gasteiger partial charge in [0.05, 0.1) is 0 Å². The smallest absolute Gasteiger partial charge is 0.166 e. The summed E-state index contributed by atoms with van der Waals surface area (Å²) in [6.45, 7) is 5.09. The number of nitrogens with one attached hydrogen (secondary N) is 2. The maximum absolute atomic E-state index is 5.23. The van der Waals surface area contributed by atoms with Crippen molar-refractivity contribution >= 4 is 17.3 Å². The first-order valence-electron chi connectivity index (χ1n) is 5.81. The van der Waals surface area contributed by atoms with E-state index in [0.29, 0.717) is 5.11 Å². The van der Waals surface area contributed by atoms with Crippen LogP contribution in [-0.2, 0) is 11.3 Å². The van der Waals surface area contributed by atoms with Crippen LogP contribution in [0.5, 0.6) is 0 Å². The van der Waals surface area contributed by atoms with Crippen LogP contribution in [0.3, 0.4) is 0 Å². The minimum absolute atomic E-state index is 0.679. The van der Waals surface area contributed by atoms with Crippen LogP contribution in [0.4, 0.5) is 0 Å². The van der Waals surface area contributed by atoms with E-state index in [2.05, 4.69) is 15.6 Å². The molecular weight excluding hydrogens is 234 g/mol. The van der Waals surface area contributed by atoms with E-state index < -0.39 is 0 Å². The van der Waals surface area contributed by atoms with Crippen molar-refractivity contribution in [2.75, 3.05) is 19.8 Å². The normalized spacial score (nSPS) is 9.94. The van der Waals surface area contributed by atoms with E-state index >= 15 is 0 Å². The van der Waals surface area contributed by atoms with Crippen molar-refractivity contribution < 1.29 is 4.74 Å². The second-order valence-corrected chi connectivity index (χ2v) is 3.92. The molecule has 17 heavy (non-hydrogen) atoms. The number of nitrogens with zero attached hydrogens (tertiary/aromatic N) is 1. The number of hydrogen-bond acceptors (Lipinski definition) is 3. The number of hydrogen-bond donors (Lipinski definition) is 2. The summed E-state index contributed by atoms with van der Waals surface area (Å²) in [6.07, 6.45) is 4.51. The molecule has 0 aliphatic heterocycles. The van der Waals surface area contributed by atoms with E-state index in [1.165, 1.54) is 5.56 Å². The van der Waals surface area contributed by atoms with E-state index in [-0.39, 0.29) is 0 Å². The molecule has 0 bridgehead atoms. The lowest BCUT2D eigenvalue weighted by Gasteiger charge is -2.10. The lowest BCUT2D eigenvalue weighted by Crippen LogP contribution is -2.35. The Morgan fingerprint density at radius 3 is 2.82 bits per heavy atom. The van der Waals surface area contributed by atoms with Crippen LogP contribution < -0.4 is 10.6 Å². The fourth-order valence-electron chi connectivity index (χ4n) is 1.27. The molecule has 1 aromatic rings. The first-order valence-corrected chi connectivity index (χ1v) is 6.22. The molecule has 2 N–H and O–H groups in total. The van der Waals surface area contributed by atoms with Crippen molar-refractivity contribution in [1.82, 2.24) is 15.6 Å². The average molecular weight is 253 g/mol. The van der Waals surface area contributed by atoms with Crippen molar-refractivity contribution in [1.29, 1.82) is 0 Å². The standard InChI is InChI=1S/C12H19N3OS/c1-2-16-9-3-6-14-12(17)15-10-11-4-7-13-8-5-11/h4-5,7-8H,2-3,6,9-10H2,1H3,(H2,14,15,17). The highest BCUT2D eigenvalue weighted by Gasteiger charge is 1.95. The van der Waals surface area contributed by atoms with Crippen molar-refractivity contribution in [2.24, 2.45) is 0 Å². The highest BCUT2D eigenvalue weighted by molar-refractivity contribution is 7.80. The van der Waals surface area contributed by atoms with Gasteiger partial charge >= 0.3 is 0 Å². The van der Waals surface area contributed by atoms with Crippen LogP contribution in [0.15, 0.2) is 24.5 Å². The summed E-state index contributed by atoms with van der Waals surface area (Å²) in [5.74, 6) is 0. The average Bonchev–Trinajstić information content (AvgIpc) is 2.37. The van der Waals surface area contributed by atoms with Crippen molar-refractivity contribution in [3.8, 4) is 0 Å². The van der Waals surface area contributed by atoms with Gasteiger partial charge in [0.25, 0.3) is 0 Å².